The van der Waals surface area contributed by atoms with Crippen molar-refractivity contribution in [3.05, 3.63) is 35.0 Å². The van der Waals surface area contributed by atoms with Crippen molar-refractivity contribution in [2.24, 2.45) is 7.05 Å². The average Bonchev–Trinajstić information content (AvgIpc) is 2.65. The fourth-order valence-corrected chi connectivity index (χ4v) is 2.21. The highest BCUT2D eigenvalue weighted by Gasteiger charge is 2.21. The summed E-state index contributed by atoms with van der Waals surface area (Å²) in [6.07, 6.45) is 1.70. The topological polar surface area (TPSA) is 48.3 Å². The van der Waals surface area contributed by atoms with Gasteiger partial charge in [0.15, 0.2) is 0 Å². The summed E-state index contributed by atoms with van der Waals surface area (Å²) in [7, 11) is 1.77. The van der Waals surface area contributed by atoms with E-state index in [-0.39, 0.29) is 6.61 Å². The van der Waals surface area contributed by atoms with Crippen LogP contribution in [0.25, 0.3) is 10.9 Å². The molecule has 2 rings (SSSR count). The van der Waals surface area contributed by atoms with Crippen LogP contribution in [-0.2, 0) is 16.6 Å². The maximum atomic E-state index is 12.0. The molecule has 1 heterocycles. The minimum Gasteiger partial charge on any atom is -0.460 e. The van der Waals surface area contributed by atoms with E-state index < -0.39 is 11.8 Å². The Morgan fingerprint density at radius 2 is 2.11 bits per heavy atom. The minimum absolute atomic E-state index is 0.175. The minimum atomic E-state index is -0.845. The molecule has 0 spiro atoms. The van der Waals surface area contributed by atoms with Gasteiger partial charge in [-0.1, -0.05) is 23.7 Å². The van der Waals surface area contributed by atoms with E-state index in [1.807, 2.05) is 0 Å². The van der Waals surface area contributed by atoms with Crippen LogP contribution in [0.15, 0.2) is 24.4 Å². The highest BCUT2D eigenvalue weighted by atomic mass is 35.5. The highest BCUT2D eigenvalue weighted by molar-refractivity contribution is 6.43. The maximum absolute atomic E-state index is 12.0. The number of carbonyl (C=O) groups excluding carboxylic acids is 2. The molecule has 5 heteroatoms. The van der Waals surface area contributed by atoms with Gasteiger partial charge in [0.1, 0.15) is 0 Å². The van der Waals surface area contributed by atoms with E-state index in [1.54, 1.807) is 42.9 Å². The number of fused-ring (bicyclic) bond motifs is 1. The van der Waals surface area contributed by atoms with Crippen molar-refractivity contribution in [3.63, 3.8) is 0 Å². The predicted molar refractivity (Wildman–Crippen MR) is 68.9 cm³/mol. The van der Waals surface area contributed by atoms with Gasteiger partial charge < -0.3 is 9.30 Å². The molecular weight excluding hydrogens is 254 g/mol. The van der Waals surface area contributed by atoms with Gasteiger partial charge in [-0.05, 0) is 13.0 Å². The van der Waals surface area contributed by atoms with Crippen LogP contribution in [0.1, 0.15) is 17.3 Å². The molecule has 94 valence electrons. The number of aromatic nitrogens is 1. The molecule has 0 amide bonds. The lowest BCUT2D eigenvalue weighted by Gasteiger charge is -2.04. The van der Waals surface area contributed by atoms with Crippen LogP contribution in [0.2, 0.25) is 5.02 Å². The van der Waals surface area contributed by atoms with Gasteiger partial charge in [0.05, 0.1) is 22.7 Å². The van der Waals surface area contributed by atoms with Crippen LogP contribution in [0.4, 0.5) is 0 Å². The summed E-state index contributed by atoms with van der Waals surface area (Å²) in [4.78, 5) is 23.5. The smallest absolute Gasteiger partial charge is 0.379 e. The number of benzene rings is 1. The summed E-state index contributed by atoms with van der Waals surface area (Å²) in [6.45, 7) is 1.83. The normalized spacial score (nSPS) is 10.6. The summed E-state index contributed by atoms with van der Waals surface area (Å²) < 4.78 is 6.45. The molecule has 1 aromatic heterocycles. The fraction of sp³-hybridized carbons (Fsp3) is 0.231. The van der Waals surface area contributed by atoms with Crippen molar-refractivity contribution < 1.29 is 14.3 Å². The number of halogens is 1. The zero-order chi connectivity index (χ0) is 13.3. The molecule has 0 aliphatic carbocycles. The van der Waals surface area contributed by atoms with Gasteiger partial charge >= 0.3 is 5.97 Å². The van der Waals surface area contributed by atoms with E-state index in [4.69, 9.17) is 16.3 Å². The molecule has 0 saturated heterocycles. The molecule has 0 N–H and O–H groups in total. The SMILES string of the molecule is CCOC(=O)C(=O)c1cccc2c(Cl)cn(C)c12. The number of ether oxygens (including phenoxy) is 1. The molecule has 0 radical (unpaired) electrons. The summed E-state index contributed by atoms with van der Waals surface area (Å²) in [5.74, 6) is -1.50. The van der Waals surface area contributed by atoms with E-state index in [2.05, 4.69) is 0 Å². The van der Waals surface area contributed by atoms with E-state index in [9.17, 15) is 9.59 Å². The van der Waals surface area contributed by atoms with Crippen molar-refractivity contribution in [1.82, 2.24) is 4.57 Å². The number of hydrogen-bond acceptors (Lipinski definition) is 3. The Hall–Kier alpha value is -1.81. The first-order valence-corrected chi connectivity index (χ1v) is 5.89. The number of rotatable bonds is 3. The van der Waals surface area contributed by atoms with Crippen LogP contribution in [-0.4, -0.2) is 22.9 Å². The molecule has 0 aliphatic rings. The van der Waals surface area contributed by atoms with Gasteiger partial charge in [0, 0.05) is 18.6 Å². The molecule has 0 bridgehead atoms. The van der Waals surface area contributed by atoms with E-state index in [1.165, 1.54) is 0 Å². The lowest BCUT2D eigenvalue weighted by atomic mass is 10.1. The number of Topliss-reactive ketones (excluding diaryl/α,β-unsaturated/α-hetero) is 1. The number of carbonyl (C=O) groups is 2. The number of hydrogen-bond donors (Lipinski definition) is 0. The van der Waals surface area contributed by atoms with Crippen LogP contribution in [0.3, 0.4) is 0 Å². The van der Waals surface area contributed by atoms with Crippen LogP contribution < -0.4 is 0 Å². The predicted octanol–water partition coefficient (Wildman–Crippen LogP) is 2.58. The first-order chi connectivity index (χ1) is 8.56. The van der Waals surface area contributed by atoms with Gasteiger partial charge in [-0.25, -0.2) is 4.79 Å². The number of para-hydroxylation sites is 1. The van der Waals surface area contributed by atoms with Gasteiger partial charge in [-0.15, -0.1) is 0 Å². The third-order valence-corrected chi connectivity index (χ3v) is 2.96. The van der Waals surface area contributed by atoms with Gasteiger partial charge in [0.2, 0.25) is 0 Å². The Balaban J connectivity index is 2.58. The molecule has 0 fully saturated rings. The Bertz CT molecular complexity index is 630. The highest BCUT2D eigenvalue weighted by Crippen LogP contribution is 2.27. The van der Waals surface area contributed by atoms with Crippen LogP contribution in [0.5, 0.6) is 0 Å². The van der Waals surface area contributed by atoms with E-state index >= 15 is 0 Å². The molecule has 2 aromatic rings. The first-order valence-electron chi connectivity index (χ1n) is 5.51. The lowest BCUT2D eigenvalue weighted by molar-refractivity contribution is -0.137. The number of esters is 1. The lowest BCUT2D eigenvalue weighted by Crippen LogP contribution is -2.18. The zero-order valence-electron chi connectivity index (χ0n) is 10.1. The monoisotopic (exact) mass is 265 g/mol. The van der Waals surface area contributed by atoms with Gasteiger partial charge in [-0.2, -0.15) is 0 Å². The Kier molecular flexibility index (Phi) is 3.39. The maximum Gasteiger partial charge on any atom is 0.379 e. The van der Waals surface area contributed by atoms with Crippen molar-refractivity contribution >= 4 is 34.3 Å². The van der Waals surface area contributed by atoms with Crippen LogP contribution >= 0.6 is 11.6 Å². The third kappa shape index (κ3) is 1.99. The second-order valence-electron chi connectivity index (χ2n) is 3.84. The quantitative estimate of drug-likeness (QED) is 0.487. The summed E-state index contributed by atoms with van der Waals surface area (Å²) >= 11 is 6.05. The molecule has 4 nitrogen and oxygen atoms in total. The number of nitrogens with zero attached hydrogens (tertiary/aromatic N) is 1. The molecule has 0 aliphatic heterocycles. The van der Waals surface area contributed by atoms with E-state index in [0.717, 1.165) is 5.39 Å². The standard InChI is InChI=1S/C13H12ClNO3/c1-3-18-13(17)12(16)9-6-4-5-8-10(14)7-15(2)11(8)9/h4-7H,3H2,1-2H3. The molecular formula is C13H12ClNO3. The second-order valence-corrected chi connectivity index (χ2v) is 4.25. The third-order valence-electron chi connectivity index (χ3n) is 2.66. The van der Waals surface area contributed by atoms with Gasteiger partial charge in [0.25, 0.3) is 5.78 Å². The number of aryl methyl sites for hydroxylation is 1. The Labute approximate surface area is 109 Å². The summed E-state index contributed by atoms with van der Waals surface area (Å²) in [6, 6.07) is 5.10. The first kappa shape index (κ1) is 12.6. The average molecular weight is 266 g/mol. The van der Waals surface area contributed by atoms with Crippen LogP contribution in [0, 0.1) is 0 Å². The molecule has 0 unspecified atom stereocenters. The largest absolute Gasteiger partial charge is 0.460 e. The van der Waals surface area contributed by atoms with Crippen molar-refractivity contribution in [1.29, 1.82) is 0 Å². The van der Waals surface area contributed by atoms with E-state index in [0.29, 0.717) is 16.1 Å². The molecule has 18 heavy (non-hydrogen) atoms. The van der Waals surface area contributed by atoms with Crippen molar-refractivity contribution in [3.8, 4) is 0 Å². The number of ketones is 1. The van der Waals surface area contributed by atoms with Crippen molar-refractivity contribution in [2.45, 2.75) is 6.92 Å². The van der Waals surface area contributed by atoms with Crippen molar-refractivity contribution in [2.75, 3.05) is 6.61 Å². The fourth-order valence-electron chi connectivity index (χ4n) is 1.91. The molecule has 0 saturated carbocycles. The Morgan fingerprint density at radius 1 is 1.39 bits per heavy atom. The molecule has 1 aromatic carbocycles. The molecule has 0 atom stereocenters. The Morgan fingerprint density at radius 3 is 2.78 bits per heavy atom. The second kappa shape index (κ2) is 4.82. The summed E-state index contributed by atoms with van der Waals surface area (Å²) in [5.41, 5.74) is 0.945. The summed E-state index contributed by atoms with van der Waals surface area (Å²) in [5, 5.41) is 1.29. The zero-order valence-corrected chi connectivity index (χ0v) is 10.8. The van der Waals surface area contributed by atoms with Gasteiger partial charge in [-0.3, -0.25) is 4.79 Å².